The predicted molar refractivity (Wildman–Crippen MR) is 59.4 cm³/mol. The van der Waals surface area contributed by atoms with Crippen molar-refractivity contribution in [3.8, 4) is 0 Å². The van der Waals surface area contributed by atoms with Crippen LogP contribution in [0.3, 0.4) is 0 Å². The first kappa shape index (κ1) is 11.3. The Morgan fingerprint density at radius 2 is 2.06 bits per heavy atom. The number of nitrogens with zero attached hydrogens (tertiary/aromatic N) is 4. The molecule has 2 aromatic rings. The monoisotopic (exact) mass is 232 g/mol. The Morgan fingerprint density at radius 3 is 2.71 bits per heavy atom. The second-order valence-corrected chi connectivity index (χ2v) is 3.81. The van der Waals surface area contributed by atoms with E-state index >= 15 is 0 Å². The fourth-order valence-electron chi connectivity index (χ4n) is 1.49. The molecule has 0 bridgehead atoms. The van der Waals surface area contributed by atoms with Crippen molar-refractivity contribution in [2.24, 2.45) is 0 Å². The molecule has 2 rings (SSSR count). The van der Waals surface area contributed by atoms with Gasteiger partial charge in [0.2, 0.25) is 0 Å². The third-order valence-electron chi connectivity index (χ3n) is 2.37. The lowest BCUT2D eigenvalue weighted by atomic mass is 10.1. The Morgan fingerprint density at radius 1 is 1.35 bits per heavy atom. The van der Waals surface area contributed by atoms with Gasteiger partial charge in [-0.1, -0.05) is 29.8 Å². The van der Waals surface area contributed by atoms with Gasteiger partial charge in [0.25, 0.3) is 0 Å². The van der Waals surface area contributed by atoms with E-state index in [9.17, 15) is 4.79 Å². The maximum Gasteiger partial charge on any atom is 0.325 e. The second-order valence-electron chi connectivity index (χ2n) is 3.81. The largest absolute Gasteiger partial charge is 0.480 e. The van der Waals surface area contributed by atoms with Gasteiger partial charge in [-0.25, -0.2) is 4.68 Å². The Kier molecular flexibility index (Phi) is 3.13. The van der Waals surface area contributed by atoms with Crippen LogP contribution in [0.25, 0.3) is 0 Å². The van der Waals surface area contributed by atoms with Crippen molar-refractivity contribution in [2.45, 2.75) is 19.9 Å². The zero-order valence-corrected chi connectivity index (χ0v) is 9.37. The van der Waals surface area contributed by atoms with Gasteiger partial charge < -0.3 is 5.11 Å². The van der Waals surface area contributed by atoms with E-state index in [1.165, 1.54) is 10.2 Å². The van der Waals surface area contributed by atoms with E-state index in [2.05, 4.69) is 15.5 Å². The molecule has 1 aromatic carbocycles. The average molecular weight is 232 g/mol. The molecule has 0 unspecified atom stereocenters. The SMILES string of the molecule is Cc1ccc(Cc2nnnn2CC(=O)O)cc1. The van der Waals surface area contributed by atoms with Gasteiger partial charge in [0.15, 0.2) is 5.82 Å². The van der Waals surface area contributed by atoms with Crippen LogP contribution in [0.5, 0.6) is 0 Å². The van der Waals surface area contributed by atoms with E-state index in [1.54, 1.807) is 0 Å². The van der Waals surface area contributed by atoms with Crippen molar-refractivity contribution < 1.29 is 9.90 Å². The molecule has 1 N–H and O–H groups in total. The summed E-state index contributed by atoms with van der Waals surface area (Å²) >= 11 is 0. The van der Waals surface area contributed by atoms with Gasteiger partial charge >= 0.3 is 5.97 Å². The number of carboxylic acid groups (broad SMARTS) is 1. The molecule has 6 nitrogen and oxygen atoms in total. The number of rotatable bonds is 4. The van der Waals surface area contributed by atoms with Crippen LogP contribution >= 0.6 is 0 Å². The number of hydrogen-bond donors (Lipinski definition) is 1. The summed E-state index contributed by atoms with van der Waals surface area (Å²) in [6, 6.07) is 7.96. The molecule has 0 saturated carbocycles. The quantitative estimate of drug-likeness (QED) is 0.837. The van der Waals surface area contributed by atoms with Crippen LogP contribution in [0.4, 0.5) is 0 Å². The zero-order valence-electron chi connectivity index (χ0n) is 9.37. The highest BCUT2D eigenvalue weighted by Crippen LogP contribution is 2.07. The lowest BCUT2D eigenvalue weighted by Crippen LogP contribution is -2.13. The number of aromatic nitrogens is 4. The Balaban J connectivity index is 2.15. The molecule has 1 heterocycles. The third-order valence-corrected chi connectivity index (χ3v) is 2.37. The molecule has 0 aliphatic heterocycles. The van der Waals surface area contributed by atoms with Gasteiger partial charge in [-0.05, 0) is 22.9 Å². The van der Waals surface area contributed by atoms with Gasteiger partial charge in [-0.3, -0.25) is 4.79 Å². The summed E-state index contributed by atoms with van der Waals surface area (Å²) in [5.74, 6) is -0.404. The zero-order chi connectivity index (χ0) is 12.3. The number of aliphatic carboxylic acids is 1. The fourth-order valence-corrected chi connectivity index (χ4v) is 1.49. The lowest BCUT2D eigenvalue weighted by Gasteiger charge is -2.02. The molecule has 88 valence electrons. The van der Waals surface area contributed by atoms with Crippen LogP contribution < -0.4 is 0 Å². The summed E-state index contributed by atoms with van der Waals surface area (Å²) in [7, 11) is 0. The van der Waals surface area contributed by atoms with Crippen LogP contribution in [-0.2, 0) is 17.8 Å². The smallest absolute Gasteiger partial charge is 0.325 e. The minimum Gasteiger partial charge on any atom is -0.480 e. The molecular weight excluding hydrogens is 220 g/mol. The van der Waals surface area contributed by atoms with Crippen molar-refractivity contribution in [3.05, 3.63) is 41.2 Å². The molecule has 0 radical (unpaired) electrons. The van der Waals surface area contributed by atoms with Crippen molar-refractivity contribution in [3.63, 3.8) is 0 Å². The fraction of sp³-hybridized carbons (Fsp3) is 0.273. The number of aryl methyl sites for hydroxylation is 1. The van der Waals surface area contributed by atoms with E-state index in [0.29, 0.717) is 12.2 Å². The summed E-state index contributed by atoms with van der Waals surface area (Å²) in [6.45, 7) is 1.80. The minimum atomic E-state index is -0.956. The number of carbonyl (C=O) groups is 1. The number of carboxylic acids is 1. The molecule has 17 heavy (non-hydrogen) atoms. The van der Waals surface area contributed by atoms with Gasteiger partial charge in [0.1, 0.15) is 6.54 Å². The van der Waals surface area contributed by atoms with E-state index < -0.39 is 5.97 Å². The lowest BCUT2D eigenvalue weighted by molar-refractivity contribution is -0.138. The number of hydrogen-bond acceptors (Lipinski definition) is 4. The Bertz CT molecular complexity index is 519. The number of tetrazole rings is 1. The highest BCUT2D eigenvalue weighted by atomic mass is 16.4. The highest BCUT2D eigenvalue weighted by Gasteiger charge is 2.09. The van der Waals surface area contributed by atoms with Crippen LogP contribution in [0.1, 0.15) is 17.0 Å². The summed E-state index contributed by atoms with van der Waals surface area (Å²) in [4.78, 5) is 10.6. The molecule has 0 amide bonds. The molecule has 6 heteroatoms. The minimum absolute atomic E-state index is 0.214. The maximum atomic E-state index is 10.6. The van der Waals surface area contributed by atoms with Gasteiger partial charge in [-0.2, -0.15) is 0 Å². The standard InChI is InChI=1S/C11H12N4O2/c1-8-2-4-9(5-3-8)6-10-12-13-14-15(10)7-11(16)17/h2-5H,6-7H2,1H3,(H,16,17). The molecule has 0 atom stereocenters. The molecule has 0 saturated heterocycles. The van der Waals surface area contributed by atoms with E-state index in [-0.39, 0.29) is 6.54 Å². The van der Waals surface area contributed by atoms with Crippen LogP contribution in [0, 0.1) is 6.92 Å². The molecular formula is C11H12N4O2. The van der Waals surface area contributed by atoms with E-state index in [4.69, 9.17) is 5.11 Å². The van der Waals surface area contributed by atoms with Crippen molar-refractivity contribution in [1.82, 2.24) is 20.2 Å². The topological polar surface area (TPSA) is 80.9 Å². The van der Waals surface area contributed by atoms with E-state index in [0.717, 1.165) is 5.56 Å². The molecule has 0 aliphatic rings. The van der Waals surface area contributed by atoms with Gasteiger partial charge in [-0.15, -0.1) is 5.10 Å². The second kappa shape index (κ2) is 4.73. The Hall–Kier alpha value is -2.24. The van der Waals surface area contributed by atoms with Gasteiger partial charge in [0, 0.05) is 6.42 Å². The highest BCUT2D eigenvalue weighted by molar-refractivity contribution is 5.66. The third kappa shape index (κ3) is 2.87. The van der Waals surface area contributed by atoms with Crippen molar-refractivity contribution >= 4 is 5.97 Å². The molecule has 1 aromatic heterocycles. The average Bonchev–Trinajstić information content (AvgIpc) is 2.68. The van der Waals surface area contributed by atoms with Gasteiger partial charge in [0.05, 0.1) is 0 Å². The van der Waals surface area contributed by atoms with E-state index in [1.807, 2.05) is 31.2 Å². The summed E-state index contributed by atoms with van der Waals surface area (Å²) < 4.78 is 1.29. The summed E-state index contributed by atoms with van der Waals surface area (Å²) in [5.41, 5.74) is 2.23. The van der Waals surface area contributed by atoms with Crippen molar-refractivity contribution in [2.75, 3.05) is 0 Å². The molecule has 0 fully saturated rings. The first-order valence-electron chi connectivity index (χ1n) is 5.17. The molecule has 0 aliphatic carbocycles. The van der Waals surface area contributed by atoms with Crippen LogP contribution in [-0.4, -0.2) is 31.3 Å². The first-order chi connectivity index (χ1) is 8.15. The predicted octanol–water partition coefficient (Wildman–Crippen LogP) is 0.657. The normalized spacial score (nSPS) is 10.4. The first-order valence-corrected chi connectivity index (χ1v) is 5.17. The number of benzene rings is 1. The summed E-state index contributed by atoms with van der Waals surface area (Å²) in [5, 5.41) is 19.7. The molecule has 0 spiro atoms. The maximum absolute atomic E-state index is 10.6. The van der Waals surface area contributed by atoms with Crippen LogP contribution in [0.15, 0.2) is 24.3 Å². The van der Waals surface area contributed by atoms with Crippen molar-refractivity contribution in [1.29, 1.82) is 0 Å². The van der Waals surface area contributed by atoms with Crippen LogP contribution in [0.2, 0.25) is 0 Å². The Labute approximate surface area is 97.9 Å². The summed E-state index contributed by atoms with van der Waals surface area (Å²) in [6.07, 6.45) is 0.528.